The zero-order chi connectivity index (χ0) is 13.7. The number of nitrogens with one attached hydrogen (secondary N) is 2. The number of benzene rings is 1. The van der Waals surface area contributed by atoms with Gasteiger partial charge in [-0.1, -0.05) is 17.7 Å². The van der Waals surface area contributed by atoms with Crippen LogP contribution < -0.4 is 16.4 Å². The first-order valence-corrected chi connectivity index (χ1v) is 6.28. The van der Waals surface area contributed by atoms with Gasteiger partial charge in [0, 0.05) is 18.3 Å². The average molecular weight is 257 g/mol. The lowest BCUT2D eigenvalue weighted by Crippen LogP contribution is -2.25. The van der Waals surface area contributed by atoms with Crippen LogP contribution in [0.1, 0.15) is 12.5 Å². The Morgan fingerprint density at radius 2 is 1.84 bits per heavy atom. The van der Waals surface area contributed by atoms with E-state index in [0.29, 0.717) is 12.4 Å². The largest absolute Gasteiger partial charge is 0.367 e. The van der Waals surface area contributed by atoms with E-state index in [-0.39, 0.29) is 6.04 Å². The minimum Gasteiger partial charge on any atom is -0.367 e. The van der Waals surface area contributed by atoms with Gasteiger partial charge in [-0.3, -0.25) is 4.98 Å². The summed E-state index contributed by atoms with van der Waals surface area (Å²) in [6.07, 6.45) is 3.37. The molecule has 19 heavy (non-hydrogen) atoms. The minimum absolute atomic E-state index is 0.0792. The minimum atomic E-state index is 0.0792. The highest BCUT2D eigenvalue weighted by molar-refractivity contribution is 5.57. The van der Waals surface area contributed by atoms with Gasteiger partial charge in [0.1, 0.15) is 5.82 Å². The van der Waals surface area contributed by atoms with Crippen molar-refractivity contribution in [2.75, 3.05) is 17.2 Å². The van der Waals surface area contributed by atoms with E-state index in [4.69, 9.17) is 5.73 Å². The first kappa shape index (κ1) is 13.3. The lowest BCUT2D eigenvalue weighted by atomic mass is 10.2. The van der Waals surface area contributed by atoms with Crippen LogP contribution in [0.3, 0.4) is 0 Å². The van der Waals surface area contributed by atoms with Crippen molar-refractivity contribution in [1.82, 2.24) is 9.97 Å². The Kier molecular flexibility index (Phi) is 4.30. The second kappa shape index (κ2) is 6.15. The summed E-state index contributed by atoms with van der Waals surface area (Å²) in [4.78, 5) is 8.57. The monoisotopic (exact) mass is 257 g/mol. The summed E-state index contributed by atoms with van der Waals surface area (Å²) >= 11 is 0. The van der Waals surface area contributed by atoms with Gasteiger partial charge in [-0.2, -0.15) is 0 Å². The number of nitrogens with zero attached hydrogens (tertiary/aromatic N) is 2. The Morgan fingerprint density at radius 1 is 1.16 bits per heavy atom. The predicted octanol–water partition coefficient (Wildman–Crippen LogP) is 2.29. The molecule has 0 amide bonds. The van der Waals surface area contributed by atoms with Crippen molar-refractivity contribution in [3.8, 4) is 0 Å². The first-order valence-electron chi connectivity index (χ1n) is 6.28. The molecule has 5 nitrogen and oxygen atoms in total. The molecular formula is C14H19N5. The van der Waals surface area contributed by atoms with E-state index >= 15 is 0 Å². The zero-order valence-corrected chi connectivity index (χ0v) is 11.2. The van der Waals surface area contributed by atoms with E-state index in [1.165, 1.54) is 5.56 Å². The Bertz CT molecular complexity index is 522. The van der Waals surface area contributed by atoms with Crippen LogP contribution >= 0.6 is 0 Å². The van der Waals surface area contributed by atoms with Crippen LogP contribution in [0, 0.1) is 6.92 Å². The molecule has 0 aliphatic carbocycles. The molecule has 1 aromatic heterocycles. The van der Waals surface area contributed by atoms with Crippen LogP contribution in [0.15, 0.2) is 36.7 Å². The third-order valence-corrected chi connectivity index (χ3v) is 2.56. The number of anilines is 3. The van der Waals surface area contributed by atoms with E-state index < -0.39 is 0 Å². The van der Waals surface area contributed by atoms with Crippen LogP contribution in [-0.4, -0.2) is 22.6 Å². The molecule has 4 N–H and O–H groups in total. The van der Waals surface area contributed by atoms with Gasteiger partial charge < -0.3 is 16.4 Å². The number of hydrogen-bond acceptors (Lipinski definition) is 5. The number of aryl methyl sites for hydroxylation is 1. The molecule has 0 bridgehead atoms. The fourth-order valence-electron chi connectivity index (χ4n) is 1.56. The molecule has 1 aromatic carbocycles. The molecule has 2 rings (SSSR count). The standard InChI is InChI=1S/C14H19N5/c1-10-3-5-12(6-4-10)18-14-9-16-8-13(19-14)17-7-11(2)15/h3-6,8-9,11H,7,15H2,1-2H3,(H2,17,18,19)/t11-/m0/s1. The van der Waals surface area contributed by atoms with Crippen molar-refractivity contribution >= 4 is 17.3 Å². The molecule has 1 atom stereocenters. The van der Waals surface area contributed by atoms with Crippen LogP contribution in [0.2, 0.25) is 0 Å². The van der Waals surface area contributed by atoms with Crippen molar-refractivity contribution in [2.45, 2.75) is 19.9 Å². The molecule has 0 aliphatic rings. The summed E-state index contributed by atoms with van der Waals surface area (Å²) in [6, 6.07) is 8.20. The summed E-state index contributed by atoms with van der Waals surface area (Å²) in [5.74, 6) is 1.42. The molecule has 5 heteroatoms. The second-order valence-corrected chi connectivity index (χ2v) is 4.64. The average Bonchev–Trinajstić information content (AvgIpc) is 2.40. The van der Waals surface area contributed by atoms with Gasteiger partial charge in [0.15, 0.2) is 5.82 Å². The predicted molar refractivity (Wildman–Crippen MR) is 78.6 cm³/mol. The van der Waals surface area contributed by atoms with E-state index in [1.54, 1.807) is 12.4 Å². The zero-order valence-electron chi connectivity index (χ0n) is 11.2. The van der Waals surface area contributed by atoms with Gasteiger partial charge in [-0.05, 0) is 26.0 Å². The van der Waals surface area contributed by atoms with Gasteiger partial charge >= 0.3 is 0 Å². The number of aromatic nitrogens is 2. The highest BCUT2D eigenvalue weighted by Gasteiger charge is 2.00. The van der Waals surface area contributed by atoms with Crippen LogP contribution in [0.5, 0.6) is 0 Å². The maximum absolute atomic E-state index is 5.69. The fourth-order valence-corrected chi connectivity index (χ4v) is 1.56. The van der Waals surface area contributed by atoms with Gasteiger partial charge in [0.05, 0.1) is 12.4 Å². The first-order chi connectivity index (χ1) is 9.13. The van der Waals surface area contributed by atoms with Crippen molar-refractivity contribution in [1.29, 1.82) is 0 Å². The highest BCUT2D eigenvalue weighted by Crippen LogP contribution is 2.15. The summed E-state index contributed by atoms with van der Waals surface area (Å²) in [7, 11) is 0. The summed E-state index contributed by atoms with van der Waals surface area (Å²) in [6.45, 7) is 4.67. The maximum atomic E-state index is 5.69. The lowest BCUT2D eigenvalue weighted by Gasteiger charge is -2.10. The summed E-state index contributed by atoms with van der Waals surface area (Å²) in [5.41, 5.74) is 7.91. The molecule has 1 heterocycles. The molecule has 0 unspecified atom stereocenters. The van der Waals surface area contributed by atoms with Gasteiger partial charge in [-0.15, -0.1) is 0 Å². The van der Waals surface area contributed by atoms with Crippen molar-refractivity contribution in [3.63, 3.8) is 0 Å². The third-order valence-electron chi connectivity index (χ3n) is 2.56. The number of nitrogens with two attached hydrogens (primary N) is 1. The van der Waals surface area contributed by atoms with Gasteiger partial charge in [0.2, 0.25) is 0 Å². The lowest BCUT2D eigenvalue weighted by molar-refractivity contribution is 0.777. The summed E-state index contributed by atoms with van der Waals surface area (Å²) < 4.78 is 0. The third kappa shape index (κ3) is 4.22. The van der Waals surface area contributed by atoms with E-state index in [1.807, 2.05) is 31.2 Å². The Labute approximate surface area is 113 Å². The quantitative estimate of drug-likeness (QED) is 0.766. The topological polar surface area (TPSA) is 75.9 Å². The molecular weight excluding hydrogens is 238 g/mol. The molecule has 0 saturated heterocycles. The fraction of sp³-hybridized carbons (Fsp3) is 0.286. The van der Waals surface area contributed by atoms with Gasteiger partial charge in [0.25, 0.3) is 0 Å². The maximum Gasteiger partial charge on any atom is 0.151 e. The number of rotatable bonds is 5. The Balaban J connectivity index is 2.04. The van der Waals surface area contributed by atoms with Gasteiger partial charge in [-0.25, -0.2) is 4.98 Å². The van der Waals surface area contributed by atoms with Crippen molar-refractivity contribution < 1.29 is 0 Å². The smallest absolute Gasteiger partial charge is 0.151 e. The summed E-state index contributed by atoms with van der Waals surface area (Å²) in [5, 5.41) is 6.36. The van der Waals surface area contributed by atoms with E-state index in [2.05, 4.69) is 27.5 Å². The van der Waals surface area contributed by atoms with Crippen LogP contribution in [-0.2, 0) is 0 Å². The second-order valence-electron chi connectivity index (χ2n) is 4.64. The molecule has 0 radical (unpaired) electrons. The van der Waals surface area contributed by atoms with Crippen LogP contribution in [0.25, 0.3) is 0 Å². The molecule has 0 saturated carbocycles. The molecule has 0 spiro atoms. The normalized spacial score (nSPS) is 11.9. The van der Waals surface area contributed by atoms with E-state index in [9.17, 15) is 0 Å². The highest BCUT2D eigenvalue weighted by atomic mass is 15.1. The molecule has 2 aromatic rings. The van der Waals surface area contributed by atoms with E-state index in [0.717, 1.165) is 11.5 Å². The Hall–Kier alpha value is -2.14. The molecule has 100 valence electrons. The number of hydrogen-bond donors (Lipinski definition) is 3. The van der Waals surface area contributed by atoms with Crippen LogP contribution in [0.4, 0.5) is 17.3 Å². The van der Waals surface area contributed by atoms with Crippen molar-refractivity contribution in [2.24, 2.45) is 5.73 Å². The molecule has 0 aliphatic heterocycles. The Morgan fingerprint density at radius 3 is 2.53 bits per heavy atom. The SMILES string of the molecule is Cc1ccc(Nc2cncc(NC[C@H](C)N)n2)cc1. The molecule has 0 fully saturated rings. The van der Waals surface area contributed by atoms with Crippen molar-refractivity contribution in [3.05, 3.63) is 42.2 Å².